The van der Waals surface area contributed by atoms with Crippen LogP contribution in [0.25, 0.3) is 0 Å². The van der Waals surface area contributed by atoms with E-state index in [2.05, 4.69) is 10.4 Å². The van der Waals surface area contributed by atoms with Crippen LogP contribution in [0.15, 0.2) is 35.2 Å². The number of hydrogen-bond acceptors (Lipinski definition) is 4. The van der Waals surface area contributed by atoms with Gasteiger partial charge in [-0.3, -0.25) is 4.79 Å². The van der Waals surface area contributed by atoms with E-state index < -0.39 is 21.9 Å². The number of nitrogens with one attached hydrogen (secondary N) is 1. The summed E-state index contributed by atoms with van der Waals surface area (Å²) in [6, 6.07) is 5.63. The van der Waals surface area contributed by atoms with Gasteiger partial charge in [-0.05, 0) is 57.9 Å². The molecule has 1 aromatic heterocycles. The molecule has 1 aromatic carbocycles. The molecule has 0 bridgehead atoms. The molecule has 27 heavy (non-hydrogen) atoms. The molecule has 7 nitrogen and oxygen atoms in total. The van der Waals surface area contributed by atoms with Crippen molar-refractivity contribution in [3.63, 3.8) is 0 Å². The lowest BCUT2D eigenvalue weighted by Gasteiger charge is -2.23. The van der Waals surface area contributed by atoms with E-state index in [1.807, 2.05) is 20.8 Å². The summed E-state index contributed by atoms with van der Waals surface area (Å²) in [5, 5.41) is 7.16. The number of carbonyl (C=O) groups is 1. The van der Waals surface area contributed by atoms with E-state index in [-0.39, 0.29) is 23.4 Å². The quantitative estimate of drug-likeness (QED) is 0.845. The summed E-state index contributed by atoms with van der Waals surface area (Å²) in [4.78, 5) is 12.8. The second-order valence-corrected chi connectivity index (χ2v) is 8.82. The van der Waals surface area contributed by atoms with Crippen molar-refractivity contribution < 1.29 is 17.6 Å². The molecule has 3 rings (SSSR count). The van der Waals surface area contributed by atoms with Crippen LogP contribution >= 0.6 is 0 Å². The number of halogens is 1. The summed E-state index contributed by atoms with van der Waals surface area (Å²) < 4.78 is 41.8. The van der Waals surface area contributed by atoms with E-state index in [1.54, 1.807) is 10.7 Å². The summed E-state index contributed by atoms with van der Waals surface area (Å²) in [5.74, 6) is -0.361. The van der Waals surface area contributed by atoms with E-state index in [0.717, 1.165) is 17.8 Å². The van der Waals surface area contributed by atoms with Crippen molar-refractivity contribution in [2.75, 3.05) is 11.9 Å². The van der Waals surface area contributed by atoms with Crippen molar-refractivity contribution in [3.05, 3.63) is 41.8 Å². The van der Waals surface area contributed by atoms with Gasteiger partial charge in [-0.2, -0.15) is 9.40 Å². The van der Waals surface area contributed by atoms with Gasteiger partial charge in [0.25, 0.3) is 0 Å². The Morgan fingerprint density at radius 2 is 1.96 bits per heavy atom. The topological polar surface area (TPSA) is 84.3 Å². The number of benzene rings is 1. The molecule has 1 fully saturated rings. The number of hydrogen-bond donors (Lipinski definition) is 1. The van der Waals surface area contributed by atoms with Gasteiger partial charge in [-0.15, -0.1) is 0 Å². The molecule has 0 spiro atoms. The minimum atomic E-state index is -3.88. The minimum Gasteiger partial charge on any atom is -0.309 e. The third kappa shape index (κ3) is 3.89. The predicted octanol–water partition coefficient (Wildman–Crippen LogP) is 2.70. The van der Waals surface area contributed by atoms with Gasteiger partial charge in [0.15, 0.2) is 0 Å². The van der Waals surface area contributed by atoms with Crippen molar-refractivity contribution in [1.29, 1.82) is 0 Å². The van der Waals surface area contributed by atoms with Crippen molar-refractivity contribution in [3.8, 4) is 0 Å². The van der Waals surface area contributed by atoms with Gasteiger partial charge < -0.3 is 5.32 Å². The molecule has 0 aliphatic carbocycles. The molecule has 146 valence electrons. The highest BCUT2D eigenvalue weighted by atomic mass is 32.2. The largest absolute Gasteiger partial charge is 0.309 e. The molecule has 2 aromatic rings. The molecule has 1 aliphatic heterocycles. The van der Waals surface area contributed by atoms with Crippen LogP contribution < -0.4 is 5.32 Å². The first-order chi connectivity index (χ1) is 12.7. The van der Waals surface area contributed by atoms with Gasteiger partial charge in [0.2, 0.25) is 15.9 Å². The maximum Gasteiger partial charge on any atom is 0.243 e. The number of anilines is 1. The molecule has 0 saturated carbocycles. The highest BCUT2D eigenvalue weighted by molar-refractivity contribution is 7.89. The van der Waals surface area contributed by atoms with E-state index in [4.69, 9.17) is 0 Å². The van der Waals surface area contributed by atoms with Gasteiger partial charge in [0.1, 0.15) is 17.7 Å². The van der Waals surface area contributed by atoms with Crippen molar-refractivity contribution in [2.45, 2.75) is 50.6 Å². The number of sulfonamides is 1. The Morgan fingerprint density at radius 1 is 1.30 bits per heavy atom. The number of rotatable bonds is 5. The van der Waals surface area contributed by atoms with Crippen molar-refractivity contribution in [1.82, 2.24) is 14.1 Å². The van der Waals surface area contributed by atoms with Crippen molar-refractivity contribution >= 4 is 21.7 Å². The van der Waals surface area contributed by atoms with E-state index in [1.165, 1.54) is 16.4 Å². The smallest absolute Gasteiger partial charge is 0.243 e. The Labute approximate surface area is 158 Å². The van der Waals surface area contributed by atoms with Crippen LogP contribution in [0, 0.1) is 12.7 Å². The van der Waals surface area contributed by atoms with Crippen LogP contribution in [0.3, 0.4) is 0 Å². The van der Waals surface area contributed by atoms with Gasteiger partial charge in [-0.25, -0.2) is 17.5 Å². The Kier molecular flexibility index (Phi) is 5.34. The molecule has 1 amide bonds. The first-order valence-electron chi connectivity index (χ1n) is 8.84. The normalized spacial score (nSPS) is 18.2. The number of aryl methyl sites for hydroxylation is 1. The Bertz CT molecular complexity index is 938. The lowest BCUT2D eigenvalue weighted by Crippen LogP contribution is -2.43. The Balaban J connectivity index is 1.84. The van der Waals surface area contributed by atoms with Crippen LogP contribution in [-0.4, -0.2) is 41.0 Å². The Morgan fingerprint density at radius 3 is 2.59 bits per heavy atom. The molecular weight excluding hydrogens is 371 g/mol. The fourth-order valence-corrected chi connectivity index (χ4v) is 4.90. The second kappa shape index (κ2) is 7.40. The summed E-state index contributed by atoms with van der Waals surface area (Å²) >= 11 is 0. The maximum atomic E-state index is 13.1. The first-order valence-corrected chi connectivity index (χ1v) is 10.3. The fraction of sp³-hybridized carbons (Fsp3) is 0.444. The molecule has 2 heterocycles. The van der Waals surface area contributed by atoms with Crippen LogP contribution in [0.5, 0.6) is 0 Å². The number of carbonyl (C=O) groups excluding carboxylic acids is 1. The van der Waals surface area contributed by atoms with Gasteiger partial charge in [0, 0.05) is 18.7 Å². The molecular formula is C18H23FN4O3S. The van der Waals surface area contributed by atoms with Crippen LogP contribution in [0.4, 0.5) is 10.2 Å². The SMILES string of the molecule is Cc1cc(NC(=O)C2CCCN2S(=O)(=O)c2ccc(F)cc2)n(C(C)C)n1. The van der Waals surface area contributed by atoms with Crippen LogP contribution in [0.2, 0.25) is 0 Å². The molecule has 1 saturated heterocycles. The van der Waals surface area contributed by atoms with Crippen molar-refractivity contribution in [2.24, 2.45) is 0 Å². The van der Waals surface area contributed by atoms with Gasteiger partial charge in [0.05, 0.1) is 10.6 Å². The zero-order chi connectivity index (χ0) is 19.8. The highest BCUT2D eigenvalue weighted by Crippen LogP contribution is 2.27. The average molecular weight is 394 g/mol. The lowest BCUT2D eigenvalue weighted by atomic mass is 10.2. The number of amides is 1. The summed E-state index contributed by atoms with van der Waals surface area (Å²) in [7, 11) is -3.88. The molecule has 1 unspecified atom stereocenters. The second-order valence-electron chi connectivity index (χ2n) is 6.93. The van der Waals surface area contributed by atoms with E-state index >= 15 is 0 Å². The summed E-state index contributed by atoms with van der Waals surface area (Å²) in [6.45, 7) is 5.97. The molecule has 1 N–H and O–H groups in total. The summed E-state index contributed by atoms with van der Waals surface area (Å²) in [5.41, 5.74) is 0.765. The standard InChI is InChI=1S/C18H23FN4O3S/c1-12(2)23-17(11-13(3)21-23)20-18(24)16-5-4-10-22(16)27(25,26)15-8-6-14(19)7-9-15/h6-9,11-12,16H,4-5,10H2,1-3H3,(H,20,24). The monoisotopic (exact) mass is 394 g/mol. The van der Waals surface area contributed by atoms with Crippen LogP contribution in [0.1, 0.15) is 38.4 Å². The fourth-order valence-electron chi connectivity index (χ4n) is 3.25. The van der Waals surface area contributed by atoms with Gasteiger partial charge >= 0.3 is 0 Å². The lowest BCUT2D eigenvalue weighted by molar-refractivity contribution is -0.119. The Hall–Kier alpha value is -2.26. The number of aromatic nitrogens is 2. The molecule has 0 radical (unpaired) electrons. The van der Waals surface area contributed by atoms with E-state index in [0.29, 0.717) is 18.7 Å². The third-order valence-corrected chi connectivity index (χ3v) is 6.45. The zero-order valence-corrected chi connectivity index (χ0v) is 16.3. The van der Waals surface area contributed by atoms with Crippen LogP contribution in [-0.2, 0) is 14.8 Å². The zero-order valence-electron chi connectivity index (χ0n) is 15.5. The first kappa shape index (κ1) is 19.5. The average Bonchev–Trinajstić information content (AvgIpc) is 3.22. The number of nitrogens with zero attached hydrogens (tertiary/aromatic N) is 3. The molecule has 1 aliphatic rings. The molecule has 1 atom stereocenters. The maximum absolute atomic E-state index is 13.1. The van der Waals surface area contributed by atoms with E-state index in [9.17, 15) is 17.6 Å². The minimum absolute atomic E-state index is 0.0216. The summed E-state index contributed by atoms with van der Waals surface area (Å²) in [6.07, 6.45) is 1.02. The highest BCUT2D eigenvalue weighted by Gasteiger charge is 2.39. The molecule has 9 heteroatoms. The predicted molar refractivity (Wildman–Crippen MR) is 99.3 cm³/mol. The van der Waals surface area contributed by atoms with Gasteiger partial charge in [-0.1, -0.05) is 0 Å². The third-order valence-electron chi connectivity index (χ3n) is 4.52.